The zero-order valence-corrected chi connectivity index (χ0v) is 12.4. The second kappa shape index (κ2) is 5.93. The fraction of sp³-hybridized carbons (Fsp3) is 0.562. The number of fused-ring (bicyclic) bond motifs is 1. The number of carbonyl (C=O) groups is 1. The highest BCUT2D eigenvalue weighted by Crippen LogP contribution is 2.37. The van der Waals surface area contributed by atoms with Gasteiger partial charge in [-0.25, -0.2) is 0 Å². The van der Waals surface area contributed by atoms with Gasteiger partial charge >= 0.3 is 0 Å². The molecule has 2 heterocycles. The molecule has 0 spiro atoms. The summed E-state index contributed by atoms with van der Waals surface area (Å²) >= 11 is 0. The molecule has 1 atom stereocenters. The summed E-state index contributed by atoms with van der Waals surface area (Å²) in [6.45, 7) is 5.75. The largest absolute Gasteiger partial charge is 0.508 e. The van der Waals surface area contributed by atoms with Gasteiger partial charge in [-0.05, 0) is 44.5 Å². The summed E-state index contributed by atoms with van der Waals surface area (Å²) in [5.74, 6) is 0.787. The number of nitrogens with zero attached hydrogens (tertiary/aromatic N) is 2. The molecule has 3 rings (SSSR count). The van der Waals surface area contributed by atoms with Gasteiger partial charge in [0.1, 0.15) is 11.5 Å². The van der Waals surface area contributed by atoms with E-state index >= 15 is 0 Å². The van der Waals surface area contributed by atoms with E-state index in [9.17, 15) is 9.90 Å². The zero-order valence-electron chi connectivity index (χ0n) is 12.4. The maximum Gasteiger partial charge on any atom is 0.268 e. The number of likely N-dealkylation sites (tertiary alicyclic amines) is 1. The summed E-state index contributed by atoms with van der Waals surface area (Å²) in [5.41, 5.74) is 0.765. The van der Waals surface area contributed by atoms with Gasteiger partial charge < -0.3 is 19.6 Å². The first-order valence-corrected chi connectivity index (χ1v) is 7.72. The molecule has 0 radical (unpaired) electrons. The first-order valence-electron chi connectivity index (χ1n) is 7.72. The predicted octanol–water partition coefficient (Wildman–Crippen LogP) is 1.99. The minimum atomic E-state index is -0.446. The lowest BCUT2D eigenvalue weighted by molar-refractivity contribution is -0.126. The second-order valence-corrected chi connectivity index (χ2v) is 5.71. The summed E-state index contributed by atoms with van der Waals surface area (Å²) in [7, 11) is 0. The van der Waals surface area contributed by atoms with Crippen molar-refractivity contribution >= 4 is 11.6 Å². The summed E-state index contributed by atoms with van der Waals surface area (Å²) < 4.78 is 5.71. The van der Waals surface area contributed by atoms with E-state index in [1.807, 2.05) is 11.8 Å². The summed E-state index contributed by atoms with van der Waals surface area (Å²) in [5, 5.41) is 9.61. The van der Waals surface area contributed by atoms with Crippen LogP contribution in [0.5, 0.6) is 11.5 Å². The molecule has 0 aliphatic carbocycles. The monoisotopic (exact) mass is 290 g/mol. The van der Waals surface area contributed by atoms with Crippen molar-refractivity contribution in [2.45, 2.75) is 32.3 Å². The van der Waals surface area contributed by atoms with Crippen LogP contribution in [0.4, 0.5) is 5.69 Å². The van der Waals surface area contributed by atoms with E-state index in [4.69, 9.17) is 4.74 Å². The third-order valence-electron chi connectivity index (χ3n) is 4.25. The number of phenolic OH excluding ortho intramolecular Hbond substituents is 1. The molecule has 5 nitrogen and oxygen atoms in total. The number of hydrogen-bond acceptors (Lipinski definition) is 4. The number of carbonyl (C=O) groups excluding carboxylic acids is 1. The predicted molar refractivity (Wildman–Crippen MR) is 80.8 cm³/mol. The Bertz CT molecular complexity index is 526. The molecule has 0 saturated carbocycles. The van der Waals surface area contributed by atoms with Gasteiger partial charge in [0, 0.05) is 19.2 Å². The minimum absolute atomic E-state index is 0.0230. The van der Waals surface area contributed by atoms with Crippen LogP contribution in [0, 0.1) is 0 Å². The molecule has 114 valence electrons. The summed E-state index contributed by atoms with van der Waals surface area (Å²) in [6.07, 6.45) is 2.68. The topological polar surface area (TPSA) is 53.0 Å². The Labute approximate surface area is 125 Å². The van der Waals surface area contributed by atoms with Gasteiger partial charge in [-0.3, -0.25) is 4.79 Å². The molecule has 1 saturated heterocycles. The lowest BCUT2D eigenvalue weighted by Crippen LogP contribution is -2.48. The minimum Gasteiger partial charge on any atom is -0.508 e. The van der Waals surface area contributed by atoms with E-state index in [2.05, 4.69) is 4.90 Å². The Hall–Kier alpha value is -1.75. The van der Waals surface area contributed by atoms with Crippen LogP contribution in [-0.4, -0.2) is 48.2 Å². The van der Waals surface area contributed by atoms with Gasteiger partial charge in [-0.15, -0.1) is 0 Å². The number of hydrogen-bond donors (Lipinski definition) is 1. The molecule has 5 heteroatoms. The van der Waals surface area contributed by atoms with Crippen molar-refractivity contribution in [1.29, 1.82) is 0 Å². The molecule has 21 heavy (non-hydrogen) atoms. The number of amides is 1. The Morgan fingerprint density at radius 1 is 1.29 bits per heavy atom. The molecular weight excluding hydrogens is 268 g/mol. The number of phenols is 1. The quantitative estimate of drug-likeness (QED) is 0.921. The van der Waals surface area contributed by atoms with Crippen LogP contribution in [0.25, 0.3) is 0 Å². The number of aromatic hydroxyl groups is 1. The van der Waals surface area contributed by atoms with Crippen LogP contribution >= 0.6 is 0 Å². The van der Waals surface area contributed by atoms with Crippen LogP contribution in [0.2, 0.25) is 0 Å². The third kappa shape index (κ3) is 2.83. The fourth-order valence-electron chi connectivity index (χ4n) is 3.05. The first-order chi connectivity index (χ1) is 10.2. The molecule has 1 aromatic carbocycles. The summed E-state index contributed by atoms with van der Waals surface area (Å²) in [6, 6.07) is 4.95. The van der Waals surface area contributed by atoms with Gasteiger partial charge in [-0.2, -0.15) is 0 Å². The number of benzene rings is 1. The first kappa shape index (κ1) is 14.2. The van der Waals surface area contributed by atoms with Crippen molar-refractivity contribution in [1.82, 2.24) is 4.90 Å². The van der Waals surface area contributed by atoms with Gasteiger partial charge in [0.05, 0.1) is 5.69 Å². The van der Waals surface area contributed by atoms with E-state index in [1.165, 1.54) is 12.8 Å². The third-order valence-corrected chi connectivity index (χ3v) is 4.25. The molecular formula is C16H22N2O3. The van der Waals surface area contributed by atoms with Gasteiger partial charge in [0.25, 0.3) is 5.91 Å². The highest BCUT2D eigenvalue weighted by atomic mass is 16.5. The number of ether oxygens (including phenoxy) is 1. The molecule has 1 fully saturated rings. The normalized spacial score (nSPS) is 22.2. The van der Waals surface area contributed by atoms with Crippen molar-refractivity contribution in [3.63, 3.8) is 0 Å². The number of anilines is 1. The average molecular weight is 290 g/mol. The van der Waals surface area contributed by atoms with Crippen molar-refractivity contribution < 1.29 is 14.6 Å². The second-order valence-electron chi connectivity index (χ2n) is 5.71. The summed E-state index contributed by atoms with van der Waals surface area (Å²) in [4.78, 5) is 16.7. The highest BCUT2D eigenvalue weighted by molar-refractivity contribution is 6.00. The maximum atomic E-state index is 12.5. The van der Waals surface area contributed by atoms with Crippen LogP contribution in [-0.2, 0) is 4.79 Å². The Balaban J connectivity index is 1.80. The molecule has 2 aliphatic heterocycles. The van der Waals surface area contributed by atoms with E-state index < -0.39 is 6.10 Å². The van der Waals surface area contributed by atoms with Crippen molar-refractivity contribution in [2.24, 2.45) is 0 Å². The Morgan fingerprint density at radius 3 is 2.76 bits per heavy atom. The van der Waals surface area contributed by atoms with Gasteiger partial charge in [0.15, 0.2) is 6.10 Å². The van der Waals surface area contributed by atoms with Gasteiger partial charge in [-0.1, -0.05) is 6.92 Å². The molecule has 2 aliphatic rings. The standard InChI is InChI=1S/C16H22N2O3/c1-2-14-16(20)18(10-9-17-7-3-4-8-17)13-6-5-12(19)11-15(13)21-14/h5-6,11,14,19H,2-4,7-10H2,1H3. The molecule has 1 unspecified atom stereocenters. The van der Waals surface area contributed by atoms with Crippen LogP contribution in [0.15, 0.2) is 18.2 Å². The molecule has 1 amide bonds. The van der Waals surface area contributed by atoms with Crippen molar-refractivity contribution in [3.8, 4) is 11.5 Å². The fourth-order valence-corrected chi connectivity index (χ4v) is 3.05. The maximum absolute atomic E-state index is 12.5. The molecule has 0 bridgehead atoms. The van der Waals surface area contributed by atoms with Crippen molar-refractivity contribution in [3.05, 3.63) is 18.2 Å². The molecule has 1 N–H and O–H groups in total. The van der Waals surface area contributed by atoms with E-state index in [0.29, 0.717) is 18.7 Å². The van der Waals surface area contributed by atoms with E-state index in [-0.39, 0.29) is 11.7 Å². The van der Waals surface area contributed by atoms with Gasteiger partial charge in [0.2, 0.25) is 0 Å². The Kier molecular flexibility index (Phi) is 4.01. The van der Waals surface area contributed by atoms with Crippen LogP contribution < -0.4 is 9.64 Å². The van der Waals surface area contributed by atoms with Crippen LogP contribution in [0.3, 0.4) is 0 Å². The lowest BCUT2D eigenvalue weighted by Gasteiger charge is -2.35. The zero-order chi connectivity index (χ0) is 14.8. The lowest BCUT2D eigenvalue weighted by atomic mass is 10.1. The van der Waals surface area contributed by atoms with Crippen LogP contribution in [0.1, 0.15) is 26.2 Å². The average Bonchev–Trinajstić information content (AvgIpc) is 2.99. The smallest absolute Gasteiger partial charge is 0.268 e. The molecule has 0 aromatic heterocycles. The number of rotatable bonds is 4. The highest BCUT2D eigenvalue weighted by Gasteiger charge is 2.33. The molecule has 1 aromatic rings. The SMILES string of the molecule is CCC1Oc2cc(O)ccc2N(CCN2CCCC2)C1=O. The Morgan fingerprint density at radius 2 is 2.05 bits per heavy atom. The van der Waals surface area contributed by atoms with E-state index in [0.717, 1.165) is 25.3 Å². The van der Waals surface area contributed by atoms with E-state index in [1.54, 1.807) is 18.2 Å². The van der Waals surface area contributed by atoms with Crippen molar-refractivity contribution in [2.75, 3.05) is 31.1 Å².